The maximum Gasteiger partial charge on any atom is 0.0932 e. The first-order chi connectivity index (χ1) is 6.33. The van der Waals surface area contributed by atoms with Crippen LogP contribution in [0.15, 0.2) is 0 Å². The molecule has 3 nitrogen and oxygen atoms in total. The predicted octanol–water partition coefficient (Wildman–Crippen LogP) is 1.36. The Morgan fingerprint density at radius 1 is 1.31 bits per heavy atom. The highest BCUT2D eigenvalue weighted by atomic mass is 16.5. The lowest BCUT2D eigenvalue weighted by molar-refractivity contribution is -0.0453. The number of nitrogens with zero attached hydrogens (tertiary/aromatic N) is 1. The number of aliphatic hydroxyl groups is 1. The zero-order valence-electron chi connectivity index (χ0n) is 9.71. The number of hydrogen-bond donors (Lipinski definition) is 1. The topological polar surface area (TPSA) is 32.7 Å². The summed E-state index contributed by atoms with van der Waals surface area (Å²) in [6.07, 6.45) is 0.0451. The van der Waals surface area contributed by atoms with Crippen molar-refractivity contribution in [2.75, 3.05) is 33.4 Å². The Kier molecular flexibility index (Phi) is 14.0. The third-order valence-electron chi connectivity index (χ3n) is 1.55. The van der Waals surface area contributed by atoms with Crippen LogP contribution in [0, 0.1) is 0 Å². The highest BCUT2D eigenvalue weighted by molar-refractivity contribution is 4.66. The van der Waals surface area contributed by atoms with E-state index in [9.17, 15) is 0 Å². The molecule has 13 heavy (non-hydrogen) atoms. The Hall–Kier alpha value is -0.120. The second-order valence-corrected chi connectivity index (χ2v) is 2.44. The summed E-state index contributed by atoms with van der Waals surface area (Å²) in [4.78, 5) is 2.16. The van der Waals surface area contributed by atoms with Gasteiger partial charge >= 0.3 is 0 Å². The van der Waals surface area contributed by atoms with E-state index in [1.54, 1.807) is 0 Å². The van der Waals surface area contributed by atoms with Crippen molar-refractivity contribution in [3.8, 4) is 0 Å². The largest absolute Gasteiger partial charge is 0.394 e. The molecule has 1 aliphatic heterocycles. The molecule has 0 spiro atoms. The van der Waals surface area contributed by atoms with Gasteiger partial charge < -0.3 is 14.7 Å². The molecule has 0 aromatic carbocycles. The van der Waals surface area contributed by atoms with Gasteiger partial charge in [0.25, 0.3) is 0 Å². The van der Waals surface area contributed by atoms with Crippen molar-refractivity contribution in [2.24, 2.45) is 0 Å². The fraction of sp³-hybridized carbons (Fsp3) is 1.00. The number of rotatable bonds is 1. The quantitative estimate of drug-likeness (QED) is 0.679. The van der Waals surface area contributed by atoms with Crippen LogP contribution < -0.4 is 0 Å². The molecule has 0 saturated carbocycles. The summed E-state index contributed by atoms with van der Waals surface area (Å²) in [5.74, 6) is 0. The molecule has 3 heteroatoms. The van der Waals surface area contributed by atoms with Gasteiger partial charge in [0.2, 0.25) is 0 Å². The molecular formula is C10H25NO2. The van der Waals surface area contributed by atoms with Crippen molar-refractivity contribution in [1.29, 1.82) is 0 Å². The van der Waals surface area contributed by atoms with E-state index in [-0.39, 0.29) is 12.7 Å². The fourth-order valence-electron chi connectivity index (χ4n) is 0.977. The number of hydrogen-bond acceptors (Lipinski definition) is 3. The predicted molar refractivity (Wildman–Crippen MR) is 57.0 cm³/mol. The van der Waals surface area contributed by atoms with Crippen molar-refractivity contribution < 1.29 is 9.84 Å². The van der Waals surface area contributed by atoms with Crippen LogP contribution in [-0.2, 0) is 4.74 Å². The fourth-order valence-corrected chi connectivity index (χ4v) is 0.977. The van der Waals surface area contributed by atoms with E-state index in [1.807, 2.05) is 34.7 Å². The Bertz CT molecular complexity index is 89.0. The summed E-state index contributed by atoms with van der Waals surface area (Å²) in [6, 6.07) is 0. The van der Waals surface area contributed by atoms with Gasteiger partial charge in [0, 0.05) is 13.1 Å². The highest BCUT2D eigenvalue weighted by Crippen LogP contribution is 2.00. The molecule has 0 bridgehead atoms. The zero-order valence-corrected chi connectivity index (χ0v) is 9.71. The lowest BCUT2D eigenvalue weighted by Crippen LogP contribution is -2.41. The monoisotopic (exact) mass is 191 g/mol. The average molecular weight is 191 g/mol. The van der Waals surface area contributed by atoms with E-state index in [0.717, 1.165) is 19.7 Å². The van der Waals surface area contributed by atoms with Crippen LogP contribution in [0.4, 0.5) is 0 Å². The SMILES string of the molecule is CC.CC.CN1CCOC(CO)C1. The third kappa shape index (κ3) is 8.22. The summed E-state index contributed by atoms with van der Waals surface area (Å²) in [5.41, 5.74) is 0. The van der Waals surface area contributed by atoms with Crippen LogP contribution >= 0.6 is 0 Å². The molecule has 0 radical (unpaired) electrons. The van der Waals surface area contributed by atoms with Crippen LogP contribution in [0.5, 0.6) is 0 Å². The molecule has 0 aromatic heterocycles. The van der Waals surface area contributed by atoms with Crippen molar-refractivity contribution >= 4 is 0 Å². The van der Waals surface area contributed by atoms with Crippen LogP contribution in [0.2, 0.25) is 0 Å². The Balaban J connectivity index is 0. The zero-order chi connectivity index (χ0) is 10.7. The molecule has 1 aliphatic rings. The highest BCUT2D eigenvalue weighted by Gasteiger charge is 2.15. The molecule has 1 atom stereocenters. The number of morpholine rings is 1. The Morgan fingerprint density at radius 3 is 2.15 bits per heavy atom. The van der Waals surface area contributed by atoms with Crippen LogP contribution in [0.3, 0.4) is 0 Å². The summed E-state index contributed by atoms with van der Waals surface area (Å²) < 4.78 is 5.21. The summed E-state index contributed by atoms with van der Waals surface area (Å²) >= 11 is 0. The molecule has 1 saturated heterocycles. The first-order valence-electron chi connectivity index (χ1n) is 5.24. The van der Waals surface area contributed by atoms with E-state index in [2.05, 4.69) is 4.90 Å². The molecular weight excluding hydrogens is 166 g/mol. The Morgan fingerprint density at radius 2 is 1.85 bits per heavy atom. The van der Waals surface area contributed by atoms with Gasteiger partial charge in [0.05, 0.1) is 19.3 Å². The van der Waals surface area contributed by atoms with Gasteiger partial charge in [0.1, 0.15) is 0 Å². The minimum Gasteiger partial charge on any atom is -0.394 e. The van der Waals surface area contributed by atoms with Gasteiger partial charge in [-0.3, -0.25) is 0 Å². The van der Waals surface area contributed by atoms with E-state index < -0.39 is 0 Å². The molecule has 0 aromatic rings. The van der Waals surface area contributed by atoms with Gasteiger partial charge in [0.15, 0.2) is 0 Å². The van der Waals surface area contributed by atoms with E-state index in [1.165, 1.54) is 0 Å². The molecule has 1 heterocycles. The number of likely N-dealkylation sites (N-methyl/N-ethyl adjacent to an activating group) is 1. The van der Waals surface area contributed by atoms with Crippen molar-refractivity contribution in [1.82, 2.24) is 4.90 Å². The Labute approximate surface area is 82.7 Å². The van der Waals surface area contributed by atoms with Gasteiger partial charge in [-0.15, -0.1) is 0 Å². The van der Waals surface area contributed by atoms with Gasteiger partial charge in [-0.1, -0.05) is 27.7 Å². The maximum absolute atomic E-state index is 8.66. The smallest absolute Gasteiger partial charge is 0.0932 e. The molecule has 1 fully saturated rings. The minimum absolute atomic E-state index is 0.0451. The first-order valence-corrected chi connectivity index (χ1v) is 5.24. The van der Waals surface area contributed by atoms with Crippen molar-refractivity contribution in [3.63, 3.8) is 0 Å². The normalized spacial score (nSPS) is 22.2. The first kappa shape index (κ1) is 15.4. The second kappa shape index (κ2) is 11.9. The molecule has 1 N–H and O–H groups in total. The van der Waals surface area contributed by atoms with Gasteiger partial charge in [-0.2, -0.15) is 0 Å². The molecule has 1 unspecified atom stereocenters. The van der Waals surface area contributed by atoms with Crippen LogP contribution in [0.25, 0.3) is 0 Å². The summed E-state index contributed by atoms with van der Waals surface area (Å²) in [5, 5.41) is 8.66. The van der Waals surface area contributed by atoms with Gasteiger partial charge in [-0.25, -0.2) is 0 Å². The number of aliphatic hydroxyl groups excluding tert-OH is 1. The van der Waals surface area contributed by atoms with Crippen molar-refractivity contribution in [3.05, 3.63) is 0 Å². The van der Waals surface area contributed by atoms with E-state index in [4.69, 9.17) is 9.84 Å². The van der Waals surface area contributed by atoms with E-state index >= 15 is 0 Å². The van der Waals surface area contributed by atoms with Crippen molar-refractivity contribution in [2.45, 2.75) is 33.8 Å². The van der Waals surface area contributed by atoms with E-state index in [0.29, 0.717) is 0 Å². The molecule has 0 aliphatic carbocycles. The second-order valence-electron chi connectivity index (χ2n) is 2.44. The molecule has 82 valence electrons. The maximum atomic E-state index is 8.66. The lowest BCUT2D eigenvalue weighted by atomic mass is 10.3. The lowest BCUT2D eigenvalue weighted by Gasteiger charge is -2.28. The standard InChI is InChI=1S/C6H13NO2.2C2H6/c1-7-2-3-9-6(4-7)5-8;2*1-2/h6,8H,2-5H2,1H3;2*1-2H3. The summed E-state index contributed by atoms with van der Waals surface area (Å²) in [6.45, 7) is 10.7. The minimum atomic E-state index is 0.0451. The third-order valence-corrected chi connectivity index (χ3v) is 1.55. The average Bonchev–Trinajstić information content (AvgIpc) is 2.24. The van der Waals surface area contributed by atoms with Crippen LogP contribution in [0.1, 0.15) is 27.7 Å². The molecule has 1 rings (SSSR count). The van der Waals surface area contributed by atoms with Gasteiger partial charge in [-0.05, 0) is 7.05 Å². The van der Waals surface area contributed by atoms with Crippen LogP contribution in [-0.4, -0.2) is 49.5 Å². The summed E-state index contributed by atoms with van der Waals surface area (Å²) in [7, 11) is 2.03. The number of ether oxygens (including phenoxy) is 1. The molecule has 0 amide bonds.